The topological polar surface area (TPSA) is 71.8 Å². The quantitative estimate of drug-likeness (QED) is 0.836. The fraction of sp³-hybridized carbons (Fsp3) is 0.0833. The van der Waals surface area contributed by atoms with E-state index in [4.69, 9.17) is 14.8 Å². The zero-order valence-electron chi connectivity index (χ0n) is 10.4. The van der Waals surface area contributed by atoms with Gasteiger partial charge in [0.15, 0.2) is 0 Å². The Morgan fingerprint density at radius 1 is 0.952 bits per heavy atom. The minimum absolute atomic E-state index is 0.156. The largest absolute Gasteiger partial charge is 0.573 e. The van der Waals surface area contributed by atoms with E-state index in [9.17, 15) is 13.2 Å². The fourth-order valence-electron chi connectivity index (χ4n) is 1.43. The molecule has 0 atom stereocenters. The molecule has 21 heavy (non-hydrogen) atoms. The highest BCUT2D eigenvalue weighted by Crippen LogP contribution is 2.26. The lowest BCUT2D eigenvalue weighted by Gasteiger charge is -2.09. The van der Waals surface area contributed by atoms with Crippen LogP contribution in [0.15, 0.2) is 42.6 Å². The van der Waals surface area contributed by atoms with Gasteiger partial charge in [0.25, 0.3) is 0 Å². The van der Waals surface area contributed by atoms with Crippen LogP contribution in [-0.2, 0) is 0 Å². The Kier molecular flexibility index (Phi) is 4.34. The molecule has 5 nitrogen and oxygen atoms in total. The minimum atomic E-state index is -4.75. The molecule has 0 amide bonds. The van der Waals surface area contributed by atoms with Crippen molar-refractivity contribution in [3.63, 3.8) is 0 Å². The van der Waals surface area contributed by atoms with Gasteiger partial charge in [-0.3, -0.25) is 0 Å². The number of pyridine rings is 1. The van der Waals surface area contributed by atoms with E-state index in [-0.39, 0.29) is 22.8 Å². The van der Waals surface area contributed by atoms with Gasteiger partial charge >= 0.3 is 13.5 Å². The lowest BCUT2D eigenvalue weighted by atomic mass is 9.82. The first-order valence-electron chi connectivity index (χ1n) is 5.69. The number of halogens is 3. The van der Waals surface area contributed by atoms with Crippen LogP contribution >= 0.6 is 0 Å². The van der Waals surface area contributed by atoms with Gasteiger partial charge in [0.1, 0.15) is 11.5 Å². The maximum Gasteiger partial charge on any atom is 0.573 e. The van der Waals surface area contributed by atoms with Crippen LogP contribution in [0.3, 0.4) is 0 Å². The summed E-state index contributed by atoms with van der Waals surface area (Å²) in [6, 6.07) is 7.58. The second kappa shape index (κ2) is 6.02. The third-order valence-electron chi connectivity index (χ3n) is 2.34. The second-order valence-corrected chi connectivity index (χ2v) is 3.92. The van der Waals surface area contributed by atoms with Crippen molar-refractivity contribution in [3.05, 3.63) is 42.6 Å². The average molecular weight is 299 g/mol. The molecular formula is C12H9BF3NO4. The number of alkyl halides is 3. The highest BCUT2D eigenvalue weighted by Gasteiger charge is 2.30. The number of ether oxygens (including phenoxy) is 2. The first kappa shape index (κ1) is 15.1. The van der Waals surface area contributed by atoms with E-state index in [2.05, 4.69) is 9.72 Å². The molecule has 0 saturated heterocycles. The molecule has 0 spiro atoms. The number of aromatic nitrogens is 1. The summed E-state index contributed by atoms with van der Waals surface area (Å²) in [5, 5.41) is 17.8. The second-order valence-electron chi connectivity index (χ2n) is 3.92. The highest BCUT2D eigenvalue weighted by molar-refractivity contribution is 6.58. The van der Waals surface area contributed by atoms with Crippen LogP contribution in [0.5, 0.6) is 17.4 Å². The molecule has 2 rings (SSSR count). The molecule has 0 fully saturated rings. The fourth-order valence-corrected chi connectivity index (χ4v) is 1.43. The molecule has 2 aromatic rings. The molecule has 2 N–H and O–H groups in total. The third kappa shape index (κ3) is 4.65. The molecule has 0 aliphatic heterocycles. The van der Waals surface area contributed by atoms with Gasteiger partial charge in [0.2, 0.25) is 5.88 Å². The lowest BCUT2D eigenvalue weighted by molar-refractivity contribution is -0.274. The van der Waals surface area contributed by atoms with Crippen LogP contribution in [-0.4, -0.2) is 28.5 Å². The van der Waals surface area contributed by atoms with E-state index >= 15 is 0 Å². The zero-order chi connectivity index (χ0) is 15.5. The van der Waals surface area contributed by atoms with Crippen molar-refractivity contribution in [1.29, 1.82) is 0 Å². The summed E-state index contributed by atoms with van der Waals surface area (Å²) < 4.78 is 45.0. The Balaban J connectivity index is 2.03. The number of hydrogen-bond acceptors (Lipinski definition) is 5. The summed E-state index contributed by atoms with van der Waals surface area (Å²) in [4.78, 5) is 3.82. The number of rotatable bonds is 4. The van der Waals surface area contributed by atoms with E-state index in [1.54, 1.807) is 0 Å². The molecule has 0 aliphatic rings. The van der Waals surface area contributed by atoms with Crippen molar-refractivity contribution in [1.82, 2.24) is 4.98 Å². The molecule has 0 unspecified atom stereocenters. The zero-order valence-corrected chi connectivity index (χ0v) is 10.4. The summed E-state index contributed by atoms with van der Waals surface area (Å²) in [5.74, 6) is 0.0553. The highest BCUT2D eigenvalue weighted by atomic mass is 19.4. The first-order chi connectivity index (χ1) is 9.83. The molecule has 0 bridgehead atoms. The van der Waals surface area contributed by atoms with Crippen molar-refractivity contribution in [2.45, 2.75) is 6.36 Å². The summed E-state index contributed by atoms with van der Waals surface area (Å²) in [7, 11) is -1.63. The van der Waals surface area contributed by atoms with E-state index in [1.807, 2.05) is 0 Å². The SMILES string of the molecule is OB(O)c1ccc(Oc2ccc(OC(F)(F)F)cc2)nc1. The molecular weight excluding hydrogens is 290 g/mol. The molecule has 110 valence electrons. The Hall–Kier alpha value is -2.26. The summed E-state index contributed by atoms with van der Waals surface area (Å²) in [5.41, 5.74) is 0.191. The van der Waals surface area contributed by atoms with Crippen molar-refractivity contribution in [2.75, 3.05) is 0 Å². The average Bonchev–Trinajstić information content (AvgIpc) is 2.40. The first-order valence-corrected chi connectivity index (χ1v) is 5.69. The predicted molar refractivity (Wildman–Crippen MR) is 67.3 cm³/mol. The van der Waals surface area contributed by atoms with Crippen LogP contribution in [0.1, 0.15) is 0 Å². The normalized spacial score (nSPS) is 11.1. The standard InChI is InChI=1S/C12H9BF3NO4/c14-12(15,16)21-10-4-2-9(3-5-10)20-11-6-1-8(7-17-11)13(18)19/h1-7,18-19H. The molecule has 0 radical (unpaired) electrons. The smallest absolute Gasteiger partial charge is 0.439 e. The maximum atomic E-state index is 12.0. The Bertz CT molecular complexity index is 587. The number of hydrogen-bond donors (Lipinski definition) is 2. The van der Waals surface area contributed by atoms with Crippen LogP contribution in [0, 0.1) is 0 Å². The molecule has 0 saturated carbocycles. The monoisotopic (exact) mass is 299 g/mol. The van der Waals surface area contributed by atoms with E-state index < -0.39 is 13.5 Å². The minimum Gasteiger partial charge on any atom is -0.439 e. The molecule has 1 heterocycles. The lowest BCUT2D eigenvalue weighted by Crippen LogP contribution is -2.29. The van der Waals surface area contributed by atoms with Gasteiger partial charge in [0, 0.05) is 17.7 Å². The summed E-state index contributed by atoms with van der Waals surface area (Å²) in [6.45, 7) is 0. The van der Waals surface area contributed by atoms with E-state index in [0.29, 0.717) is 0 Å². The van der Waals surface area contributed by atoms with Gasteiger partial charge in [-0.2, -0.15) is 0 Å². The van der Waals surface area contributed by atoms with Crippen molar-refractivity contribution in [2.24, 2.45) is 0 Å². The van der Waals surface area contributed by atoms with Gasteiger partial charge in [0.05, 0.1) is 0 Å². The Morgan fingerprint density at radius 3 is 2.05 bits per heavy atom. The van der Waals surface area contributed by atoms with Crippen LogP contribution in [0.2, 0.25) is 0 Å². The number of nitrogens with zero attached hydrogens (tertiary/aromatic N) is 1. The Morgan fingerprint density at radius 2 is 1.57 bits per heavy atom. The molecule has 1 aromatic carbocycles. The molecule has 1 aromatic heterocycles. The Labute approximate surface area is 117 Å². The van der Waals surface area contributed by atoms with Crippen molar-refractivity contribution < 1.29 is 32.7 Å². The van der Waals surface area contributed by atoms with Gasteiger partial charge in [-0.05, 0) is 24.3 Å². The predicted octanol–water partition coefficient (Wildman–Crippen LogP) is 1.45. The maximum absolute atomic E-state index is 12.0. The summed E-state index contributed by atoms with van der Waals surface area (Å²) in [6.07, 6.45) is -3.54. The van der Waals surface area contributed by atoms with Crippen molar-refractivity contribution in [3.8, 4) is 17.4 Å². The van der Waals surface area contributed by atoms with Crippen molar-refractivity contribution >= 4 is 12.6 Å². The van der Waals surface area contributed by atoms with Crippen LogP contribution in [0.4, 0.5) is 13.2 Å². The van der Waals surface area contributed by atoms with Crippen LogP contribution in [0.25, 0.3) is 0 Å². The molecule has 0 aliphatic carbocycles. The summed E-state index contributed by atoms with van der Waals surface area (Å²) >= 11 is 0. The third-order valence-corrected chi connectivity index (χ3v) is 2.34. The molecule has 9 heteroatoms. The van der Waals surface area contributed by atoms with E-state index in [0.717, 1.165) is 12.1 Å². The number of benzene rings is 1. The van der Waals surface area contributed by atoms with Gasteiger partial charge in [-0.25, -0.2) is 4.98 Å². The van der Waals surface area contributed by atoms with Crippen LogP contribution < -0.4 is 14.9 Å². The van der Waals surface area contributed by atoms with Gasteiger partial charge in [-0.1, -0.05) is 6.07 Å². The van der Waals surface area contributed by atoms with Gasteiger partial charge in [-0.15, -0.1) is 13.2 Å². The van der Waals surface area contributed by atoms with E-state index in [1.165, 1.54) is 30.5 Å². The van der Waals surface area contributed by atoms with Gasteiger partial charge < -0.3 is 19.5 Å².